The van der Waals surface area contributed by atoms with Crippen LogP contribution < -0.4 is 5.32 Å². The summed E-state index contributed by atoms with van der Waals surface area (Å²) in [6, 6.07) is 11.3. The highest BCUT2D eigenvalue weighted by Gasteiger charge is 2.19. The Morgan fingerprint density at radius 3 is 2.60 bits per heavy atom. The summed E-state index contributed by atoms with van der Waals surface area (Å²) in [5.74, 6) is 0.430. The molecule has 1 aromatic heterocycles. The summed E-state index contributed by atoms with van der Waals surface area (Å²) in [5, 5.41) is 3.34. The molecule has 0 saturated heterocycles. The quantitative estimate of drug-likeness (QED) is 0.848. The van der Waals surface area contributed by atoms with Crippen molar-refractivity contribution in [3.05, 3.63) is 58.0 Å². The predicted molar refractivity (Wildman–Crippen MR) is 79.7 cm³/mol. The maximum Gasteiger partial charge on any atom is 0.373 e. The first kappa shape index (κ1) is 14.8. The van der Waals surface area contributed by atoms with Crippen LogP contribution in [0.4, 0.5) is 0 Å². The molecule has 2 aromatic rings. The second-order valence-electron chi connectivity index (χ2n) is 4.24. The number of nitrogens with one attached hydrogen (secondary N) is 1. The molecule has 1 unspecified atom stereocenters. The van der Waals surface area contributed by atoms with E-state index in [4.69, 9.17) is 4.42 Å². The Hall–Kier alpha value is -1.59. The topological polar surface area (TPSA) is 51.5 Å². The van der Waals surface area contributed by atoms with Gasteiger partial charge in [0.25, 0.3) is 0 Å². The number of halogens is 1. The maximum atomic E-state index is 11.4. The van der Waals surface area contributed by atoms with Gasteiger partial charge < -0.3 is 14.5 Å². The van der Waals surface area contributed by atoms with Crippen LogP contribution in [-0.2, 0) is 4.74 Å². The molecule has 1 aromatic carbocycles. The third kappa shape index (κ3) is 3.29. The van der Waals surface area contributed by atoms with Gasteiger partial charge in [-0.1, -0.05) is 35.0 Å². The highest BCUT2D eigenvalue weighted by molar-refractivity contribution is 9.10. The normalized spacial score (nSPS) is 12.2. The van der Waals surface area contributed by atoms with E-state index in [0.717, 1.165) is 16.6 Å². The van der Waals surface area contributed by atoms with E-state index < -0.39 is 5.97 Å². The number of hydrogen-bond donors (Lipinski definition) is 1. The summed E-state index contributed by atoms with van der Waals surface area (Å²) in [6.07, 6.45) is 0. The number of esters is 1. The second-order valence-corrected chi connectivity index (χ2v) is 5.15. The Bertz CT molecular complexity index is 577. The fourth-order valence-corrected chi connectivity index (χ4v) is 2.22. The first-order chi connectivity index (χ1) is 9.65. The van der Waals surface area contributed by atoms with E-state index in [1.54, 1.807) is 12.1 Å². The number of furan rings is 1. The zero-order valence-electron chi connectivity index (χ0n) is 11.4. The van der Waals surface area contributed by atoms with Gasteiger partial charge in [0.15, 0.2) is 0 Å². The summed E-state index contributed by atoms with van der Waals surface area (Å²) < 4.78 is 11.3. The highest BCUT2D eigenvalue weighted by Crippen LogP contribution is 2.25. The third-order valence-corrected chi connectivity index (χ3v) is 3.44. The van der Waals surface area contributed by atoms with Gasteiger partial charge in [-0.2, -0.15) is 0 Å². The van der Waals surface area contributed by atoms with Gasteiger partial charge in [0.1, 0.15) is 5.76 Å². The maximum absolute atomic E-state index is 11.4. The van der Waals surface area contributed by atoms with Crippen LogP contribution in [0.2, 0.25) is 0 Å². The monoisotopic (exact) mass is 337 g/mol. The van der Waals surface area contributed by atoms with Crippen LogP contribution in [0.1, 0.15) is 34.8 Å². The number of rotatable bonds is 5. The van der Waals surface area contributed by atoms with Crippen molar-refractivity contribution in [1.82, 2.24) is 5.32 Å². The number of methoxy groups -OCH3 is 1. The van der Waals surface area contributed by atoms with Crippen LogP contribution in [0.25, 0.3) is 0 Å². The molecule has 1 N–H and O–H groups in total. The smallest absolute Gasteiger partial charge is 0.373 e. The minimum atomic E-state index is -0.470. The largest absolute Gasteiger partial charge is 0.463 e. The molecule has 0 radical (unpaired) electrons. The van der Waals surface area contributed by atoms with Crippen molar-refractivity contribution < 1.29 is 13.9 Å². The Balaban J connectivity index is 2.30. The zero-order valence-corrected chi connectivity index (χ0v) is 12.9. The molecule has 1 atom stereocenters. The molecule has 0 spiro atoms. The molecule has 0 bridgehead atoms. The lowest BCUT2D eigenvalue weighted by Crippen LogP contribution is -2.21. The minimum absolute atomic E-state index is 0.0912. The molecule has 0 aliphatic rings. The van der Waals surface area contributed by atoms with E-state index in [1.165, 1.54) is 7.11 Å². The number of benzene rings is 1. The molecular weight excluding hydrogens is 322 g/mol. The fraction of sp³-hybridized carbons (Fsp3) is 0.267. The van der Waals surface area contributed by atoms with Gasteiger partial charge in [-0.25, -0.2) is 4.79 Å². The van der Waals surface area contributed by atoms with E-state index in [2.05, 4.69) is 26.0 Å². The van der Waals surface area contributed by atoms with Gasteiger partial charge in [-0.3, -0.25) is 0 Å². The molecule has 20 heavy (non-hydrogen) atoms. The average molecular weight is 338 g/mol. The molecule has 1 heterocycles. The van der Waals surface area contributed by atoms with Gasteiger partial charge in [0.05, 0.1) is 13.2 Å². The number of carbonyl (C=O) groups excluding carboxylic acids is 1. The first-order valence-electron chi connectivity index (χ1n) is 6.32. The molecule has 0 aliphatic carbocycles. The van der Waals surface area contributed by atoms with Crippen LogP contribution in [0.15, 0.2) is 45.3 Å². The SMILES string of the molecule is CCNC(c1ccc(Br)cc1)c1ccc(C(=O)OC)o1. The van der Waals surface area contributed by atoms with Crippen molar-refractivity contribution in [1.29, 1.82) is 0 Å². The lowest BCUT2D eigenvalue weighted by Gasteiger charge is -2.16. The minimum Gasteiger partial charge on any atom is -0.463 e. The number of hydrogen-bond acceptors (Lipinski definition) is 4. The Morgan fingerprint density at radius 1 is 1.30 bits per heavy atom. The van der Waals surface area contributed by atoms with Crippen LogP contribution >= 0.6 is 15.9 Å². The lowest BCUT2D eigenvalue weighted by molar-refractivity contribution is 0.0562. The van der Waals surface area contributed by atoms with Crippen LogP contribution in [-0.4, -0.2) is 19.6 Å². The predicted octanol–water partition coefficient (Wildman–Crippen LogP) is 3.53. The van der Waals surface area contributed by atoms with Gasteiger partial charge in [0, 0.05) is 4.47 Å². The van der Waals surface area contributed by atoms with Crippen molar-refractivity contribution in [3.8, 4) is 0 Å². The number of carbonyl (C=O) groups is 1. The van der Waals surface area contributed by atoms with Crippen LogP contribution in [0, 0.1) is 0 Å². The van der Waals surface area contributed by atoms with E-state index in [-0.39, 0.29) is 11.8 Å². The molecule has 0 saturated carbocycles. The highest BCUT2D eigenvalue weighted by atomic mass is 79.9. The van der Waals surface area contributed by atoms with E-state index in [9.17, 15) is 4.79 Å². The fourth-order valence-electron chi connectivity index (χ4n) is 1.96. The van der Waals surface area contributed by atoms with Crippen molar-refractivity contribution in [2.45, 2.75) is 13.0 Å². The Morgan fingerprint density at radius 2 is 2.00 bits per heavy atom. The molecule has 4 nitrogen and oxygen atoms in total. The summed E-state index contributed by atoms with van der Waals surface area (Å²) in [6.45, 7) is 2.81. The molecule has 2 rings (SSSR count). The molecule has 0 fully saturated rings. The van der Waals surface area contributed by atoms with Crippen molar-refractivity contribution in [2.24, 2.45) is 0 Å². The summed E-state index contributed by atoms with van der Waals surface area (Å²) in [4.78, 5) is 11.4. The van der Waals surface area contributed by atoms with Gasteiger partial charge in [0.2, 0.25) is 5.76 Å². The van der Waals surface area contributed by atoms with Crippen molar-refractivity contribution in [2.75, 3.05) is 13.7 Å². The molecular formula is C15H16BrNO3. The van der Waals surface area contributed by atoms with Crippen molar-refractivity contribution in [3.63, 3.8) is 0 Å². The second kappa shape index (κ2) is 6.72. The Kier molecular flexibility index (Phi) is 4.98. The van der Waals surface area contributed by atoms with Gasteiger partial charge >= 0.3 is 5.97 Å². The average Bonchev–Trinajstić information content (AvgIpc) is 2.94. The third-order valence-electron chi connectivity index (χ3n) is 2.91. The number of ether oxygens (including phenoxy) is 1. The van der Waals surface area contributed by atoms with E-state index in [1.807, 2.05) is 31.2 Å². The summed E-state index contributed by atoms with van der Waals surface area (Å²) >= 11 is 3.42. The van der Waals surface area contributed by atoms with Crippen LogP contribution in [0.5, 0.6) is 0 Å². The standard InChI is InChI=1S/C15H16BrNO3/c1-3-17-14(10-4-6-11(16)7-5-10)12-8-9-13(20-12)15(18)19-2/h4-9,14,17H,3H2,1-2H3. The van der Waals surface area contributed by atoms with E-state index in [0.29, 0.717) is 5.76 Å². The molecule has 0 amide bonds. The Labute approximate surface area is 126 Å². The van der Waals surface area contributed by atoms with Crippen molar-refractivity contribution >= 4 is 21.9 Å². The van der Waals surface area contributed by atoms with E-state index >= 15 is 0 Å². The van der Waals surface area contributed by atoms with Gasteiger partial charge in [-0.05, 0) is 36.4 Å². The first-order valence-corrected chi connectivity index (χ1v) is 7.12. The summed E-state index contributed by atoms with van der Waals surface area (Å²) in [5.41, 5.74) is 1.07. The molecule has 106 valence electrons. The van der Waals surface area contributed by atoms with Crippen LogP contribution in [0.3, 0.4) is 0 Å². The summed E-state index contributed by atoms with van der Waals surface area (Å²) in [7, 11) is 1.33. The molecule has 0 aliphatic heterocycles. The van der Waals surface area contributed by atoms with Gasteiger partial charge in [-0.15, -0.1) is 0 Å². The molecule has 5 heteroatoms. The zero-order chi connectivity index (χ0) is 14.5. The lowest BCUT2D eigenvalue weighted by atomic mass is 10.0.